The van der Waals surface area contributed by atoms with Crippen molar-refractivity contribution in [2.45, 2.75) is 32.5 Å². The SMILES string of the molecule is CC(N)Cc1ccc(N2CCn3cnnc3C2)cc1Cl. The molecule has 0 radical (unpaired) electrons. The average molecular weight is 292 g/mol. The summed E-state index contributed by atoms with van der Waals surface area (Å²) in [5, 5.41) is 8.86. The van der Waals surface area contributed by atoms with Crippen molar-refractivity contribution in [3.63, 3.8) is 0 Å². The van der Waals surface area contributed by atoms with E-state index in [0.29, 0.717) is 0 Å². The van der Waals surface area contributed by atoms with Gasteiger partial charge in [0.2, 0.25) is 0 Å². The van der Waals surface area contributed by atoms with E-state index in [1.165, 1.54) is 0 Å². The lowest BCUT2D eigenvalue weighted by Crippen LogP contribution is -2.33. The molecule has 6 heteroatoms. The monoisotopic (exact) mass is 291 g/mol. The van der Waals surface area contributed by atoms with Gasteiger partial charge in [0.15, 0.2) is 5.82 Å². The van der Waals surface area contributed by atoms with Crippen molar-refractivity contribution in [1.82, 2.24) is 14.8 Å². The number of hydrogen-bond donors (Lipinski definition) is 1. The first-order chi connectivity index (χ1) is 9.63. The van der Waals surface area contributed by atoms with E-state index in [-0.39, 0.29) is 6.04 Å². The first-order valence-electron chi connectivity index (χ1n) is 6.79. The van der Waals surface area contributed by atoms with Gasteiger partial charge in [0.05, 0.1) is 6.54 Å². The molecule has 2 heterocycles. The van der Waals surface area contributed by atoms with Crippen LogP contribution in [-0.2, 0) is 19.5 Å². The van der Waals surface area contributed by atoms with Gasteiger partial charge in [-0.1, -0.05) is 17.7 Å². The van der Waals surface area contributed by atoms with Gasteiger partial charge in [-0.15, -0.1) is 10.2 Å². The Morgan fingerprint density at radius 2 is 2.25 bits per heavy atom. The first-order valence-corrected chi connectivity index (χ1v) is 7.17. The average Bonchev–Trinajstić information content (AvgIpc) is 2.87. The van der Waals surface area contributed by atoms with E-state index in [1.54, 1.807) is 6.33 Å². The lowest BCUT2D eigenvalue weighted by atomic mass is 10.1. The summed E-state index contributed by atoms with van der Waals surface area (Å²) in [4.78, 5) is 2.27. The van der Waals surface area contributed by atoms with E-state index >= 15 is 0 Å². The molecule has 1 atom stereocenters. The van der Waals surface area contributed by atoms with Crippen LogP contribution in [0, 0.1) is 0 Å². The molecule has 20 heavy (non-hydrogen) atoms. The van der Waals surface area contributed by atoms with E-state index in [9.17, 15) is 0 Å². The van der Waals surface area contributed by atoms with Gasteiger partial charge in [-0.25, -0.2) is 0 Å². The Labute approximate surface area is 123 Å². The number of benzene rings is 1. The zero-order valence-corrected chi connectivity index (χ0v) is 12.2. The second kappa shape index (κ2) is 5.42. The highest BCUT2D eigenvalue weighted by atomic mass is 35.5. The summed E-state index contributed by atoms with van der Waals surface area (Å²) in [6, 6.07) is 6.31. The molecule has 0 aliphatic carbocycles. The van der Waals surface area contributed by atoms with Gasteiger partial charge in [-0.3, -0.25) is 0 Å². The Kier molecular flexibility index (Phi) is 3.63. The van der Waals surface area contributed by atoms with Crippen LogP contribution in [0.5, 0.6) is 0 Å². The fourth-order valence-corrected chi connectivity index (χ4v) is 2.78. The van der Waals surface area contributed by atoms with Gasteiger partial charge >= 0.3 is 0 Å². The maximum Gasteiger partial charge on any atom is 0.152 e. The van der Waals surface area contributed by atoms with Crippen LogP contribution < -0.4 is 10.6 Å². The fourth-order valence-electron chi connectivity index (χ4n) is 2.53. The van der Waals surface area contributed by atoms with Crippen LogP contribution in [-0.4, -0.2) is 27.4 Å². The number of anilines is 1. The number of nitrogens with zero attached hydrogens (tertiary/aromatic N) is 4. The normalized spacial score (nSPS) is 16.1. The van der Waals surface area contributed by atoms with Crippen molar-refractivity contribution < 1.29 is 0 Å². The summed E-state index contributed by atoms with van der Waals surface area (Å²) in [5.41, 5.74) is 8.05. The Morgan fingerprint density at radius 3 is 3.00 bits per heavy atom. The predicted octanol–water partition coefficient (Wildman–Crippen LogP) is 1.84. The summed E-state index contributed by atoms with van der Waals surface area (Å²) >= 11 is 6.36. The molecule has 2 aromatic rings. The van der Waals surface area contributed by atoms with Gasteiger partial charge in [0.25, 0.3) is 0 Å². The Morgan fingerprint density at radius 1 is 1.40 bits per heavy atom. The van der Waals surface area contributed by atoms with Gasteiger partial charge in [0, 0.05) is 29.8 Å². The van der Waals surface area contributed by atoms with Crippen LogP contribution >= 0.6 is 11.6 Å². The minimum Gasteiger partial charge on any atom is -0.362 e. The Hall–Kier alpha value is -1.59. The summed E-state index contributed by atoms with van der Waals surface area (Å²) in [6.07, 6.45) is 2.58. The first kappa shape index (κ1) is 13.4. The smallest absolute Gasteiger partial charge is 0.152 e. The van der Waals surface area contributed by atoms with Gasteiger partial charge in [0.1, 0.15) is 6.33 Å². The van der Waals surface area contributed by atoms with Crippen LogP contribution in [0.1, 0.15) is 18.3 Å². The number of aromatic nitrogens is 3. The molecular formula is C14H18ClN5. The molecule has 1 aliphatic rings. The third-order valence-electron chi connectivity index (χ3n) is 3.58. The van der Waals surface area contributed by atoms with Crippen molar-refractivity contribution in [3.8, 4) is 0 Å². The van der Waals surface area contributed by atoms with E-state index < -0.39 is 0 Å². The molecule has 1 aromatic carbocycles. The molecule has 0 spiro atoms. The number of nitrogens with two attached hydrogens (primary N) is 1. The molecular weight excluding hydrogens is 274 g/mol. The van der Waals surface area contributed by atoms with Gasteiger partial charge < -0.3 is 15.2 Å². The zero-order valence-electron chi connectivity index (χ0n) is 11.5. The number of halogens is 1. The summed E-state index contributed by atoms with van der Waals surface area (Å²) in [7, 11) is 0. The Balaban J connectivity index is 1.80. The van der Waals surface area contributed by atoms with E-state index in [4.69, 9.17) is 17.3 Å². The van der Waals surface area contributed by atoms with Crippen molar-refractivity contribution in [3.05, 3.63) is 40.9 Å². The number of hydrogen-bond acceptors (Lipinski definition) is 4. The third-order valence-corrected chi connectivity index (χ3v) is 3.93. The molecule has 0 saturated carbocycles. The quantitative estimate of drug-likeness (QED) is 0.937. The molecule has 3 rings (SSSR count). The lowest BCUT2D eigenvalue weighted by Gasteiger charge is -2.29. The molecule has 1 aromatic heterocycles. The predicted molar refractivity (Wildman–Crippen MR) is 79.9 cm³/mol. The van der Waals surface area contributed by atoms with Gasteiger partial charge in [-0.05, 0) is 31.0 Å². The molecule has 106 valence electrons. The van der Waals surface area contributed by atoms with Crippen LogP contribution in [0.4, 0.5) is 5.69 Å². The molecule has 1 aliphatic heterocycles. The minimum absolute atomic E-state index is 0.117. The lowest BCUT2D eigenvalue weighted by molar-refractivity contribution is 0.560. The molecule has 1 unspecified atom stereocenters. The maximum atomic E-state index is 6.36. The summed E-state index contributed by atoms with van der Waals surface area (Å²) < 4.78 is 2.09. The second-order valence-electron chi connectivity index (χ2n) is 5.32. The summed E-state index contributed by atoms with van der Waals surface area (Å²) in [6.45, 7) is 4.60. The van der Waals surface area contributed by atoms with E-state index in [0.717, 1.165) is 48.2 Å². The van der Waals surface area contributed by atoms with Crippen LogP contribution in [0.3, 0.4) is 0 Å². The number of fused-ring (bicyclic) bond motifs is 1. The van der Waals surface area contributed by atoms with Crippen LogP contribution in [0.2, 0.25) is 5.02 Å². The van der Waals surface area contributed by atoms with Crippen molar-refractivity contribution in [2.75, 3.05) is 11.4 Å². The highest BCUT2D eigenvalue weighted by molar-refractivity contribution is 6.31. The molecule has 2 N–H and O–H groups in total. The third kappa shape index (κ3) is 2.64. The molecule has 0 amide bonds. The standard InChI is InChI=1S/C14H18ClN5/c1-10(16)6-11-2-3-12(7-13(11)15)19-4-5-20-9-17-18-14(20)8-19/h2-3,7,9-10H,4-6,8,16H2,1H3. The second-order valence-corrected chi connectivity index (χ2v) is 5.73. The van der Waals surface area contributed by atoms with Crippen LogP contribution in [0.25, 0.3) is 0 Å². The van der Waals surface area contributed by atoms with Crippen molar-refractivity contribution >= 4 is 17.3 Å². The highest BCUT2D eigenvalue weighted by Crippen LogP contribution is 2.26. The van der Waals surface area contributed by atoms with Crippen LogP contribution in [0.15, 0.2) is 24.5 Å². The Bertz CT molecular complexity index is 607. The highest BCUT2D eigenvalue weighted by Gasteiger charge is 2.18. The maximum absolute atomic E-state index is 6.36. The van der Waals surface area contributed by atoms with E-state index in [2.05, 4.69) is 31.8 Å². The summed E-state index contributed by atoms with van der Waals surface area (Å²) in [5.74, 6) is 0.993. The minimum atomic E-state index is 0.117. The zero-order chi connectivity index (χ0) is 14.1. The largest absolute Gasteiger partial charge is 0.362 e. The fraction of sp³-hybridized carbons (Fsp3) is 0.429. The number of rotatable bonds is 3. The molecule has 5 nitrogen and oxygen atoms in total. The van der Waals surface area contributed by atoms with Gasteiger partial charge in [-0.2, -0.15) is 0 Å². The topological polar surface area (TPSA) is 60.0 Å². The van der Waals surface area contributed by atoms with Crippen molar-refractivity contribution in [1.29, 1.82) is 0 Å². The molecule has 0 saturated heterocycles. The van der Waals surface area contributed by atoms with Crippen molar-refractivity contribution in [2.24, 2.45) is 5.73 Å². The molecule has 0 bridgehead atoms. The van der Waals surface area contributed by atoms with E-state index in [1.807, 2.05) is 13.0 Å². The molecule has 0 fully saturated rings.